The molecule has 1 N–H and O–H groups in total. The van der Waals surface area contributed by atoms with E-state index in [4.69, 9.17) is 4.74 Å². The second-order valence-electron chi connectivity index (χ2n) is 4.87. The van der Waals surface area contributed by atoms with Gasteiger partial charge in [0.05, 0.1) is 6.10 Å². The second kappa shape index (κ2) is 6.13. The van der Waals surface area contributed by atoms with Crippen LogP contribution in [0, 0.1) is 5.82 Å². The highest BCUT2D eigenvalue weighted by Crippen LogP contribution is 2.28. The Bertz CT molecular complexity index is 413. The van der Waals surface area contributed by atoms with Crippen LogP contribution in [0.1, 0.15) is 37.8 Å². The summed E-state index contributed by atoms with van der Waals surface area (Å²) in [6.07, 6.45) is 3.76. The normalized spacial score (nSPS) is 25.3. The highest BCUT2D eigenvalue weighted by atomic mass is 79.9. The Hall–Kier alpha value is -0.450. The standard InChI is InChI=1S/C14H19BrFNO/c1-9(11-7-6-10(16)8-12(11)15)17-13-4-3-5-14(13)18-2/h6-9,13-14,17H,3-5H2,1-2H3. The van der Waals surface area contributed by atoms with Gasteiger partial charge in [0.2, 0.25) is 0 Å². The predicted molar refractivity (Wildman–Crippen MR) is 74.1 cm³/mol. The molecule has 3 unspecified atom stereocenters. The number of halogens is 2. The zero-order valence-electron chi connectivity index (χ0n) is 10.7. The van der Waals surface area contributed by atoms with Gasteiger partial charge >= 0.3 is 0 Å². The Morgan fingerprint density at radius 1 is 1.44 bits per heavy atom. The van der Waals surface area contributed by atoms with Crippen LogP contribution in [0.3, 0.4) is 0 Å². The number of nitrogens with one attached hydrogen (secondary N) is 1. The third-order valence-corrected chi connectivity index (χ3v) is 4.34. The van der Waals surface area contributed by atoms with Crippen molar-refractivity contribution in [2.75, 3.05) is 7.11 Å². The third-order valence-electron chi connectivity index (χ3n) is 3.65. The average molecular weight is 316 g/mol. The predicted octanol–water partition coefficient (Wildman–Crippen LogP) is 3.81. The topological polar surface area (TPSA) is 21.3 Å². The third kappa shape index (κ3) is 3.11. The fraction of sp³-hybridized carbons (Fsp3) is 0.571. The van der Waals surface area contributed by atoms with E-state index in [2.05, 4.69) is 28.2 Å². The number of hydrogen-bond acceptors (Lipinski definition) is 2. The summed E-state index contributed by atoms with van der Waals surface area (Å²) in [6.45, 7) is 2.10. The van der Waals surface area contributed by atoms with Crippen LogP contribution in [0.5, 0.6) is 0 Å². The van der Waals surface area contributed by atoms with Crippen molar-refractivity contribution < 1.29 is 9.13 Å². The second-order valence-corrected chi connectivity index (χ2v) is 5.72. The van der Waals surface area contributed by atoms with Crippen LogP contribution < -0.4 is 5.32 Å². The van der Waals surface area contributed by atoms with Crippen molar-refractivity contribution in [2.45, 2.75) is 44.4 Å². The van der Waals surface area contributed by atoms with Crippen LogP contribution in [-0.2, 0) is 4.74 Å². The average Bonchev–Trinajstić information content (AvgIpc) is 2.76. The molecule has 4 heteroatoms. The largest absolute Gasteiger partial charge is 0.380 e. The molecule has 0 saturated heterocycles. The number of rotatable bonds is 4. The van der Waals surface area contributed by atoms with Gasteiger partial charge < -0.3 is 10.1 Å². The number of methoxy groups -OCH3 is 1. The first-order valence-corrected chi connectivity index (χ1v) is 7.15. The maximum absolute atomic E-state index is 13.1. The van der Waals surface area contributed by atoms with E-state index in [-0.39, 0.29) is 11.9 Å². The SMILES string of the molecule is COC1CCCC1NC(C)c1ccc(F)cc1Br. The van der Waals surface area contributed by atoms with Crippen LogP contribution in [0.25, 0.3) is 0 Å². The van der Waals surface area contributed by atoms with Crippen molar-refractivity contribution in [3.63, 3.8) is 0 Å². The van der Waals surface area contributed by atoms with E-state index >= 15 is 0 Å². The lowest BCUT2D eigenvalue weighted by molar-refractivity contribution is 0.0819. The lowest BCUT2D eigenvalue weighted by atomic mass is 10.1. The van der Waals surface area contributed by atoms with Gasteiger partial charge in [-0.25, -0.2) is 4.39 Å². The molecule has 0 heterocycles. The lowest BCUT2D eigenvalue weighted by Crippen LogP contribution is -2.38. The molecule has 0 bridgehead atoms. The zero-order chi connectivity index (χ0) is 13.1. The Kier molecular flexibility index (Phi) is 4.76. The molecule has 1 aromatic carbocycles. The number of ether oxygens (including phenoxy) is 1. The first kappa shape index (κ1) is 14.0. The molecule has 1 aromatic rings. The van der Waals surface area contributed by atoms with E-state index in [0.29, 0.717) is 12.1 Å². The van der Waals surface area contributed by atoms with E-state index in [1.54, 1.807) is 7.11 Å². The monoisotopic (exact) mass is 315 g/mol. The van der Waals surface area contributed by atoms with Crippen molar-refractivity contribution in [3.05, 3.63) is 34.1 Å². The molecule has 3 atom stereocenters. The molecule has 1 aliphatic rings. The first-order valence-electron chi connectivity index (χ1n) is 6.35. The Labute approximate surface area is 116 Å². The zero-order valence-corrected chi connectivity index (χ0v) is 12.3. The quantitative estimate of drug-likeness (QED) is 0.912. The smallest absolute Gasteiger partial charge is 0.124 e. The first-order chi connectivity index (χ1) is 8.61. The molecule has 0 spiro atoms. The maximum Gasteiger partial charge on any atom is 0.124 e. The summed E-state index contributed by atoms with van der Waals surface area (Å²) in [4.78, 5) is 0. The maximum atomic E-state index is 13.1. The van der Waals surface area contributed by atoms with Crippen molar-refractivity contribution >= 4 is 15.9 Å². The van der Waals surface area contributed by atoms with Gasteiger partial charge in [-0.1, -0.05) is 22.0 Å². The van der Waals surface area contributed by atoms with Crippen LogP contribution in [0.4, 0.5) is 4.39 Å². The molecular weight excluding hydrogens is 297 g/mol. The minimum absolute atomic E-state index is 0.181. The summed E-state index contributed by atoms with van der Waals surface area (Å²) in [6, 6.07) is 5.41. The van der Waals surface area contributed by atoms with Gasteiger partial charge in [-0.2, -0.15) is 0 Å². The Balaban J connectivity index is 2.05. The Morgan fingerprint density at radius 3 is 2.89 bits per heavy atom. The fourth-order valence-electron chi connectivity index (χ4n) is 2.66. The molecular formula is C14H19BrFNO. The summed E-state index contributed by atoms with van der Waals surface area (Å²) < 4.78 is 19.4. The van der Waals surface area contributed by atoms with Gasteiger partial charge in [0.1, 0.15) is 5.82 Å². The van der Waals surface area contributed by atoms with Crippen LogP contribution in [0.2, 0.25) is 0 Å². The molecule has 0 amide bonds. The fourth-order valence-corrected chi connectivity index (χ4v) is 3.36. The van der Waals surface area contributed by atoms with Gasteiger partial charge in [0.25, 0.3) is 0 Å². The molecule has 0 radical (unpaired) electrons. The highest BCUT2D eigenvalue weighted by Gasteiger charge is 2.28. The molecule has 18 heavy (non-hydrogen) atoms. The minimum Gasteiger partial charge on any atom is -0.380 e. The van der Waals surface area contributed by atoms with Crippen molar-refractivity contribution in [3.8, 4) is 0 Å². The molecule has 2 rings (SSSR count). The van der Waals surface area contributed by atoms with Crippen molar-refractivity contribution in [2.24, 2.45) is 0 Å². The van der Waals surface area contributed by atoms with Crippen LogP contribution >= 0.6 is 15.9 Å². The number of hydrogen-bond donors (Lipinski definition) is 1. The van der Waals surface area contributed by atoms with Gasteiger partial charge in [-0.15, -0.1) is 0 Å². The van der Waals surface area contributed by atoms with Crippen LogP contribution in [-0.4, -0.2) is 19.3 Å². The summed E-state index contributed by atoms with van der Waals surface area (Å²) in [7, 11) is 1.77. The van der Waals surface area contributed by atoms with E-state index in [0.717, 1.165) is 22.9 Å². The summed E-state index contributed by atoms with van der Waals surface area (Å²) in [5, 5.41) is 3.58. The van der Waals surface area contributed by atoms with Gasteiger partial charge in [-0.05, 0) is 43.9 Å². The highest BCUT2D eigenvalue weighted by molar-refractivity contribution is 9.10. The molecule has 0 aliphatic heterocycles. The Morgan fingerprint density at radius 2 is 2.22 bits per heavy atom. The van der Waals surface area contributed by atoms with E-state index in [1.165, 1.54) is 18.6 Å². The van der Waals surface area contributed by atoms with E-state index < -0.39 is 0 Å². The molecule has 1 fully saturated rings. The van der Waals surface area contributed by atoms with Crippen molar-refractivity contribution in [1.29, 1.82) is 0 Å². The lowest BCUT2D eigenvalue weighted by Gasteiger charge is -2.25. The molecule has 0 aromatic heterocycles. The molecule has 1 saturated carbocycles. The summed E-state index contributed by atoms with van der Waals surface area (Å²) in [5.74, 6) is -0.214. The van der Waals surface area contributed by atoms with Crippen LogP contribution in [0.15, 0.2) is 22.7 Å². The summed E-state index contributed by atoms with van der Waals surface area (Å²) in [5.41, 5.74) is 1.08. The summed E-state index contributed by atoms with van der Waals surface area (Å²) >= 11 is 3.42. The van der Waals surface area contributed by atoms with E-state index in [9.17, 15) is 4.39 Å². The van der Waals surface area contributed by atoms with Gasteiger partial charge in [-0.3, -0.25) is 0 Å². The minimum atomic E-state index is -0.214. The molecule has 1 aliphatic carbocycles. The van der Waals surface area contributed by atoms with Crippen molar-refractivity contribution in [1.82, 2.24) is 5.32 Å². The van der Waals surface area contributed by atoms with Gasteiger partial charge in [0, 0.05) is 23.7 Å². The van der Waals surface area contributed by atoms with Gasteiger partial charge in [0.15, 0.2) is 0 Å². The molecule has 100 valence electrons. The van der Waals surface area contributed by atoms with E-state index in [1.807, 2.05) is 6.07 Å². The number of benzene rings is 1. The molecule has 2 nitrogen and oxygen atoms in total.